The minimum Gasteiger partial charge on any atom is -0.460 e. The molecule has 0 bridgehead atoms. The van der Waals surface area contributed by atoms with Crippen molar-refractivity contribution in [1.29, 1.82) is 0 Å². The highest BCUT2D eigenvalue weighted by molar-refractivity contribution is 5.77. The molecule has 39 heavy (non-hydrogen) atoms. The molecule has 1 aliphatic rings. The predicted molar refractivity (Wildman–Crippen MR) is 146 cm³/mol. The van der Waals surface area contributed by atoms with E-state index in [9.17, 15) is 4.79 Å². The molecule has 1 N–H and O–H groups in total. The number of nitrogens with one attached hydrogen (secondary N) is 1. The zero-order valence-electron chi connectivity index (χ0n) is 21.8. The fourth-order valence-electron chi connectivity index (χ4n) is 4.81. The van der Waals surface area contributed by atoms with Crippen LogP contribution in [0.1, 0.15) is 17.1 Å². The Labute approximate surface area is 226 Å². The molecule has 10 nitrogen and oxygen atoms in total. The third kappa shape index (κ3) is 5.87. The minimum absolute atomic E-state index is 0.192. The third-order valence-corrected chi connectivity index (χ3v) is 6.88. The lowest BCUT2D eigenvalue weighted by molar-refractivity contribution is -0.146. The second kappa shape index (κ2) is 11.1. The highest BCUT2D eigenvalue weighted by atomic mass is 16.5. The summed E-state index contributed by atoms with van der Waals surface area (Å²) in [6.07, 6.45) is 3.48. The van der Waals surface area contributed by atoms with Crippen LogP contribution in [0.3, 0.4) is 0 Å². The van der Waals surface area contributed by atoms with Gasteiger partial charge in [-0.2, -0.15) is 5.10 Å². The number of aryl methyl sites for hydroxylation is 1. The number of hydrogen-bond acceptors (Lipinski definition) is 8. The van der Waals surface area contributed by atoms with E-state index < -0.39 is 0 Å². The maximum atomic E-state index is 12.3. The van der Waals surface area contributed by atoms with Gasteiger partial charge in [-0.3, -0.25) is 19.6 Å². The van der Waals surface area contributed by atoms with Gasteiger partial charge < -0.3 is 9.72 Å². The van der Waals surface area contributed by atoms with Crippen molar-refractivity contribution in [2.24, 2.45) is 0 Å². The maximum absolute atomic E-state index is 12.3. The summed E-state index contributed by atoms with van der Waals surface area (Å²) in [6.45, 7) is 6.54. The normalized spacial score (nSPS) is 14.6. The third-order valence-electron chi connectivity index (χ3n) is 6.88. The first-order chi connectivity index (χ1) is 19.1. The average Bonchev–Trinajstić information content (AvgIpc) is 3.60. The summed E-state index contributed by atoms with van der Waals surface area (Å²) in [4.78, 5) is 34.4. The Hall–Kier alpha value is -4.41. The summed E-state index contributed by atoms with van der Waals surface area (Å²) < 4.78 is 7.21. The number of carbonyl (C=O) groups excluding carboxylic acids is 1. The number of ether oxygens (including phenoxy) is 1. The largest absolute Gasteiger partial charge is 0.460 e. The molecule has 0 amide bonds. The highest BCUT2D eigenvalue weighted by Gasteiger charge is 2.22. The predicted octanol–water partition coefficient (Wildman–Crippen LogP) is 3.35. The standard InChI is InChI=1S/C29H30N8O2/c1-21-6-5-9-24(32-21)29-28(23-10-11-26-30-20-31-37(26)16-23)33-25(34-29)17-35-12-14-36(15-13-35)18-27(38)39-19-22-7-3-2-4-8-22/h2-11,16,20H,12-15,17-19H2,1H3,(H,33,34). The first kappa shape index (κ1) is 24.9. The number of esters is 1. The van der Waals surface area contributed by atoms with Crippen LogP contribution in [0.2, 0.25) is 0 Å². The van der Waals surface area contributed by atoms with Gasteiger partial charge in [-0.1, -0.05) is 36.4 Å². The van der Waals surface area contributed by atoms with Gasteiger partial charge in [-0.25, -0.2) is 14.5 Å². The molecule has 0 unspecified atom stereocenters. The van der Waals surface area contributed by atoms with Crippen LogP contribution in [-0.4, -0.2) is 78.0 Å². The molecule has 0 radical (unpaired) electrons. The van der Waals surface area contributed by atoms with Gasteiger partial charge in [0, 0.05) is 43.6 Å². The average molecular weight is 523 g/mol. The molecule has 0 atom stereocenters. The summed E-state index contributed by atoms with van der Waals surface area (Å²) in [7, 11) is 0. The molecule has 1 fully saturated rings. The van der Waals surface area contributed by atoms with Crippen molar-refractivity contribution in [3.63, 3.8) is 0 Å². The molecule has 0 saturated carbocycles. The number of H-pyrrole nitrogens is 1. The molecule has 1 aromatic carbocycles. The number of benzene rings is 1. The number of imidazole rings is 1. The summed E-state index contributed by atoms with van der Waals surface area (Å²) in [5.41, 5.74) is 6.23. The Bertz CT molecular complexity index is 1570. The van der Waals surface area contributed by atoms with E-state index in [0.717, 1.165) is 71.6 Å². The molecular weight excluding hydrogens is 492 g/mol. The van der Waals surface area contributed by atoms with Crippen molar-refractivity contribution in [2.45, 2.75) is 20.1 Å². The van der Waals surface area contributed by atoms with Gasteiger partial charge in [0.1, 0.15) is 18.8 Å². The van der Waals surface area contributed by atoms with Gasteiger partial charge in [0.25, 0.3) is 0 Å². The SMILES string of the molecule is Cc1cccc(-c2[nH]c(CN3CCN(CC(=O)OCc4ccccc4)CC3)nc2-c2ccc3ncnn3c2)n1. The van der Waals surface area contributed by atoms with Crippen molar-refractivity contribution in [2.75, 3.05) is 32.7 Å². The van der Waals surface area contributed by atoms with Gasteiger partial charge >= 0.3 is 5.97 Å². The Morgan fingerprint density at radius 2 is 1.77 bits per heavy atom. The van der Waals surface area contributed by atoms with E-state index in [-0.39, 0.29) is 5.97 Å². The summed E-state index contributed by atoms with van der Waals surface area (Å²) in [5.74, 6) is 0.681. The number of piperazine rings is 1. The zero-order valence-corrected chi connectivity index (χ0v) is 21.8. The lowest BCUT2D eigenvalue weighted by Gasteiger charge is -2.33. The fraction of sp³-hybridized carbons (Fsp3) is 0.276. The lowest BCUT2D eigenvalue weighted by atomic mass is 10.1. The van der Waals surface area contributed by atoms with Crippen molar-refractivity contribution >= 4 is 11.6 Å². The zero-order chi connectivity index (χ0) is 26.6. The van der Waals surface area contributed by atoms with Crippen LogP contribution in [0.4, 0.5) is 0 Å². The molecule has 5 aromatic rings. The molecule has 0 spiro atoms. The smallest absolute Gasteiger partial charge is 0.320 e. The van der Waals surface area contributed by atoms with Crippen LogP contribution >= 0.6 is 0 Å². The number of nitrogens with zero attached hydrogens (tertiary/aromatic N) is 7. The van der Waals surface area contributed by atoms with Gasteiger partial charge in [0.2, 0.25) is 0 Å². The molecule has 1 saturated heterocycles. The Kier molecular flexibility index (Phi) is 7.11. The van der Waals surface area contributed by atoms with E-state index in [1.807, 2.05) is 73.8 Å². The summed E-state index contributed by atoms with van der Waals surface area (Å²) in [5, 5.41) is 4.28. The van der Waals surface area contributed by atoms with Crippen LogP contribution < -0.4 is 0 Å². The van der Waals surface area contributed by atoms with Gasteiger partial charge in [0.15, 0.2) is 5.65 Å². The molecule has 10 heteroatoms. The van der Waals surface area contributed by atoms with Crippen molar-refractivity contribution < 1.29 is 9.53 Å². The van der Waals surface area contributed by atoms with Crippen LogP contribution in [0, 0.1) is 6.92 Å². The van der Waals surface area contributed by atoms with E-state index in [1.54, 1.807) is 10.8 Å². The summed E-state index contributed by atoms with van der Waals surface area (Å²) in [6, 6.07) is 19.7. The molecule has 1 aliphatic heterocycles. The first-order valence-corrected chi connectivity index (χ1v) is 13.1. The van der Waals surface area contributed by atoms with Gasteiger partial charge in [-0.05, 0) is 36.8 Å². The number of pyridine rings is 2. The van der Waals surface area contributed by atoms with Gasteiger partial charge in [-0.15, -0.1) is 0 Å². The van der Waals surface area contributed by atoms with Gasteiger partial charge in [0.05, 0.1) is 30.2 Å². The number of fused-ring (bicyclic) bond motifs is 1. The molecule has 4 aromatic heterocycles. The van der Waals surface area contributed by atoms with Crippen LogP contribution in [0.5, 0.6) is 0 Å². The second-order valence-electron chi connectivity index (χ2n) is 9.75. The second-order valence-corrected chi connectivity index (χ2v) is 9.75. The lowest BCUT2D eigenvalue weighted by Crippen LogP contribution is -2.47. The topological polar surface area (TPSA) is 105 Å². The number of aromatic amines is 1. The van der Waals surface area contributed by atoms with Crippen LogP contribution in [0.15, 0.2) is 73.2 Å². The summed E-state index contributed by atoms with van der Waals surface area (Å²) >= 11 is 0. The quantitative estimate of drug-likeness (QED) is 0.310. The molecule has 5 heterocycles. The highest BCUT2D eigenvalue weighted by Crippen LogP contribution is 2.30. The number of aromatic nitrogens is 6. The van der Waals surface area contributed by atoms with Crippen molar-refractivity contribution in [3.8, 4) is 22.6 Å². The number of hydrogen-bond donors (Lipinski definition) is 1. The van der Waals surface area contributed by atoms with Crippen molar-refractivity contribution in [1.82, 2.24) is 39.3 Å². The van der Waals surface area contributed by atoms with Crippen molar-refractivity contribution in [3.05, 3.63) is 90.3 Å². The van der Waals surface area contributed by atoms with E-state index in [4.69, 9.17) is 14.7 Å². The Balaban J connectivity index is 1.12. The molecule has 6 rings (SSSR count). The minimum atomic E-state index is -0.192. The Morgan fingerprint density at radius 1 is 0.949 bits per heavy atom. The first-order valence-electron chi connectivity index (χ1n) is 13.1. The van der Waals surface area contributed by atoms with E-state index in [1.165, 1.54) is 0 Å². The monoisotopic (exact) mass is 522 g/mol. The number of carbonyl (C=O) groups is 1. The van der Waals surface area contributed by atoms with Crippen LogP contribution in [0.25, 0.3) is 28.3 Å². The molecule has 0 aliphatic carbocycles. The fourth-order valence-corrected chi connectivity index (χ4v) is 4.81. The molecule has 198 valence electrons. The van der Waals surface area contributed by atoms with E-state index in [2.05, 4.69) is 24.9 Å². The number of rotatable bonds is 8. The maximum Gasteiger partial charge on any atom is 0.320 e. The van der Waals surface area contributed by atoms with E-state index >= 15 is 0 Å². The van der Waals surface area contributed by atoms with Crippen LogP contribution in [-0.2, 0) is 22.7 Å². The Morgan fingerprint density at radius 3 is 2.59 bits per heavy atom. The van der Waals surface area contributed by atoms with E-state index in [0.29, 0.717) is 19.7 Å². The molecular formula is C29H30N8O2.